The molecule has 3 atom stereocenters. The number of fused-ring (bicyclic) bond motifs is 5. The minimum absolute atomic E-state index is 0.0389. The first-order valence-electron chi connectivity index (χ1n) is 20.2. The van der Waals surface area contributed by atoms with E-state index in [-0.39, 0.29) is 68.4 Å². The molecule has 18 nitrogen and oxygen atoms in total. The van der Waals surface area contributed by atoms with E-state index < -0.39 is 77.7 Å². The predicted molar refractivity (Wildman–Crippen MR) is 219 cm³/mol. The van der Waals surface area contributed by atoms with Crippen molar-refractivity contribution < 1.29 is 47.7 Å². The third-order valence-corrected chi connectivity index (χ3v) is 11.4. The molecule has 62 heavy (non-hydrogen) atoms. The lowest BCUT2D eigenvalue weighted by Crippen LogP contribution is -2.52. The molecule has 2 aromatic carbocycles. The van der Waals surface area contributed by atoms with Crippen LogP contribution in [0.5, 0.6) is 0 Å². The maximum atomic E-state index is 15.0. The highest BCUT2D eigenvalue weighted by Gasteiger charge is 2.46. The highest BCUT2D eigenvalue weighted by Crippen LogP contribution is 2.41. The number of pyridine rings is 2. The second-order valence-electron chi connectivity index (χ2n) is 15.5. The second-order valence-corrected chi connectivity index (χ2v) is 15.5. The summed E-state index contributed by atoms with van der Waals surface area (Å²) >= 11 is 0. The standard InChI is InChI=1S/C43H47FN8O10/c1-3-43(60)29-13-33-37-27(19-52(33)41(58)28(29)20-61-42(43)59)26(25-11-22(2)30(44)14-31(25)51-37)16-47-40(57)38(24-9-10-24)62-21-49-35(54)17-48-39(56)32(12-23-7-5-4-6-8-23)50-36(55)18-46-34(53)15-45/h4-8,11,13-14,24,32,38,60H,3,9-10,12,15-21,45H2,1-2H3,(H,46,53)(H,47,57)(H,48,56)(H,49,54)(H,50,55)/t32-,38+,43-/m0/s1. The number of aryl methyl sites for hydroxylation is 1. The molecule has 2 aliphatic heterocycles. The number of nitrogens with zero attached hydrogens (tertiary/aromatic N) is 2. The molecule has 0 saturated heterocycles. The molecule has 326 valence electrons. The van der Waals surface area contributed by atoms with Gasteiger partial charge in [-0.3, -0.25) is 28.8 Å². The zero-order valence-corrected chi connectivity index (χ0v) is 34.1. The van der Waals surface area contributed by atoms with E-state index in [9.17, 15) is 43.1 Å². The molecular weight excluding hydrogens is 808 g/mol. The van der Waals surface area contributed by atoms with Crippen molar-refractivity contribution in [3.05, 3.63) is 98.1 Å². The predicted octanol–water partition coefficient (Wildman–Crippen LogP) is -0.0692. The van der Waals surface area contributed by atoms with E-state index in [2.05, 4.69) is 26.6 Å². The molecule has 8 N–H and O–H groups in total. The van der Waals surface area contributed by atoms with Crippen LogP contribution >= 0.6 is 0 Å². The number of halogens is 1. The molecule has 1 saturated carbocycles. The van der Waals surface area contributed by atoms with Crippen molar-refractivity contribution in [3.8, 4) is 11.4 Å². The summed E-state index contributed by atoms with van der Waals surface area (Å²) in [6, 6.07) is 12.3. The quantitative estimate of drug-likeness (QED) is 0.0479. The van der Waals surface area contributed by atoms with Crippen LogP contribution in [0.3, 0.4) is 0 Å². The molecule has 3 aliphatic rings. The summed E-state index contributed by atoms with van der Waals surface area (Å²) in [7, 11) is 0. The summed E-state index contributed by atoms with van der Waals surface area (Å²) in [6.07, 6.45) is 0.527. The zero-order valence-electron chi connectivity index (χ0n) is 34.1. The van der Waals surface area contributed by atoms with Crippen LogP contribution in [0.25, 0.3) is 22.3 Å². The number of nitrogens with two attached hydrogens (primary N) is 1. The number of rotatable bonds is 17. The van der Waals surface area contributed by atoms with E-state index in [0.717, 1.165) is 5.56 Å². The fourth-order valence-electron chi connectivity index (χ4n) is 7.72. The van der Waals surface area contributed by atoms with Gasteiger partial charge in [-0.15, -0.1) is 0 Å². The first-order chi connectivity index (χ1) is 29.7. The molecule has 5 amide bonds. The van der Waals surface area contributed by atoms with Crippen molar-refractivity contribution in [2.45, 2.75) is 77.0 Å². The van der Waals surface area contributed by atoms with Crippen molar-refractivity contribution in [2.24, 2.45) is 11.7 Å². The number of nitrogens with one attached hydrogen (secondary N) is 5. The largest absolute Gasteiger partial charge is 0.458 e. The Balaban J connectivity index is 1.01. The summed E-state index contributed by atoms with van der Waals surface area (Å²) in [6.45, 7) is 1.36. The third kappa shape index (κ3) is 9.04. The summed E-state index contributed by atoms with van der Waals surface area (Å²) in [5.41, 5.74) is 6.26. The van der Waals surface area contributed by atoms with Gasteiger partial charge in [0.2, 0.25) is 29.5 Å². The number of amides is 5. The van der Waals surface area contributed by atoms with Crippen LogP contribution in [0.1, 0.15) is 59.6 Å². The number of hydrogen-bond acceptors (Lipinski definition) is 12. The maximum Gasteiger partial charge on any atom is 0.343 e. The number of aliphatic hydroxyl groups is 1. The molecule has 0 unspecified atom stereocenters. The molecule has 2 aromatic heterocycles. The Labute approximate surface area is 354 Å². The lowest BCUT2D eigenvalue weighted by Gasteiger charge is -2.31. The Bertz CT molecular complexity index is 2530. The Kier molecular flexibility index (Phi) is 12.8. The Morgan fingerprint density at radius 1 is 0.984 bits per heavy atom. The Hall–Kier alpha value is -6.57. The number of benzene rings is 2. The monoisotopic (exact) mass is 854 g/mol. The average Bonchev–Trinajstić information content (AvgIpc) is 4.04. The van der Waals surface area contributed by atoms with Crippen LogP contribution in [0.4, 0.5) is 4.39 Å². The van der Waals surface area contributed by atoms with Gasteiger partial charge in [-0.25, -0.2) is 14.2 Å². The molecule has 0 bridgehead atoms. The van der Waals surface area contributed by atoms with Gasteiger partial charge >= 0.3 is 5.97 Å². The smallest absolute Gasteiger partial charge is 0.343 e. The fourth-order valence-corrected chi connectivity index (χ4v) is 7.72. The van der Waals surface area contributed by atoms with Gasteiger partial charge in [-0.05, 0) is 60.9 Å². The number of cyclic esters (lactones) is 1. The number of hydrogen-bond donors (Lipinski definition) is 7. The molecule has 0 spiro atoms. The van der Waals surface area contributed by atoms with Gasteiger partial charge < -0.3 is 51.5 Å². The van der Waals surface area contributed by atoms with Crippen LogP contribution in [0.2, 0.25) is 0 Å². The lowest BCUT2D eigenvalue weighted by atomic mass is 9.86. The number of esters is 1. The number of carbonyl (C=O) groups excluding carboxylic acids is 6. The van der Waals surface area contributed by atoms with Gasteiger partial charge in [-0.1, -0.05) is 37.3 Å². The van der Waals surface area contributed by atoms with Crippen LogP contribution in [0, 0.1) is 18.7 Å². The van der Waals surface area contributed by atoms with Gasteiger partial charge in [-0.2, -0.15) is 0 Å². The van der Waals surface area contributed by atoms with E-state index in [1.807, 2.05) is 0 Å². The van der Waals surface area contributed by atoms with Crippen LogP contribution < -0.4 is 37.9 Å². The molecule has 4 aromatic rings. The number of aromatic nitrogens is 2. The molecule has 7 rings (SSSR count). The van der Waals surface area contributed by atoms with Crippen LogP contribution in [-0.4, -0.2) is 88.7 Å². The van der Waals surface area contributed by atoms with Crippen molar-refractivity contribution in [1.29, 1.82) is 0 Å². The van der Waals surface area contributed by atoms with Gasteiger partial charge in [0.15, 0.2) is 5.60 Å². The molecular formula is C43H47FN8O10. The maximum absolute atomic E-state index is 15.0. The minimum atomic E-state index is -2.04. The zero-order chi connectivity index (χ0) is 44.3. The highest BCUT2D eigenvalue weighted by molar-refractivity contribution is 5.93. The Morgan fingerprint density at radius 2 is 1.73 bits per heavy atom. The molecule has 4 heterocycles. The van der Waals surface area contributed by atoms with Gasteiger partial charge in [0.05, 0.1) is 48.6 Å². The topological polar surface area (TPSA) is 262 Å². The van der Waals surface area contributed by atoms with E-state index in [1.54, 1.807) is 56.3 Å². The highest BCUT2D eigenvalue weighted by atomic mass is 19.1. The molecule has 19 heteroatoms. The average molecular weight is 855 g/mol. The van der Waals surface area contributed by atoms with Crippen molar-refractivity contribution in [3.63, 3.8) is 0 Å². The van der Waals surface area contributed by atoms with Gasteiger partial charge in [0.1, 0.15) is 31.3 Å². The first kappa shape index (κ1) is 43.5. The van der Waals surface area contributed by atoms with E-state index in [4.69, 9.17) is 20.2 Å². The Morgan fingerprint density at radius 3 is 2.44 bits per heavy atom. The second kappa shape index (κ2) is 18.2. The minimum Gasteiger partial charge on any atom is -0.458 e. The summed E-state index contributed by atoms with van der Waals surface area (Å²) < 4.78 is 27.5. The van der Waals surface area contributed by atoms with Gasteiger partial charge in [0.25, 0.3) is 5.56 Å². The molecule has 1 fully saturated rings. The van der Waals surface area contributed by atoms with E-state index in [1.165, 1.54) is 10.6 Å². The van der Waals surface area contributed by atoms with Crippen molar-refractivity contribution >= 4 is 46.4 Å². The SMILES string of the molecule is CC[C@@]1(O)C(=O)OCc2c1cc1n(c2=O)Cc2c-1nc1cc(F)c(C)cc1c2CNC(=O)[C@H](OCNC(=O)CNC(=O)[C@H](Cc1ccccc1)NC(=O)CNC(=O)CN)C1CC1. The summed E-state index contributed by atoms with van der Waals surface area (Å²) in [5.74, 6) is -4.41. The third-order valence-electron chi connectivity index (χ3n) is 11.4. The number of carbonyl (C=O) groups is 6. The van der Waals surface area contributed by atoms with Gasteiger partial charge in [0, 0.05) is 35.5 Å². The lowest BCUT2D eigenvalue weighted by molar-refractivity contribution is -0.172. The van der Waals surface area contributed by atoms with E-state index in [0.29, 0.717) is 46.3 Å². The number of ether oxygens (including phenoxy) is 2. The van der Waals surface area contributed by atoms with Crippen molar-refractivity contribution in [2.75, 3.05) is 26.4 Å². The fraction of sp³-hybridized carbons (Fsp3) is 0.395. The first-order valence-corrected chi connectivity index (χ1v) is 20.2. The van der Waals surface area contributed by atoms with Crippen molar-refractivity contribution in [1.82, 2.24) is 36.1 Å². The normalized spacial score (nSPS) is 17.1. The van der Waals surface area contributed by atoms with Crippen LogP contribution in [-0.2, 0) is 70.0 Å². The van der Waals surface area contributed by atoms with Crippen LogP contribution in [0.15, 0.2) is 53.3 Å². The summed E-state index contributed by atoms with van der Waals surface area (Å²) in [5, 5.41) is 24.7. The molecule has 0 radical (unpaired) electrons. The molecule has 1 aliphatic carbocycles. The summed E-state index contributed by atoms with van der Waals surface area (Å²) in [4.78, 5) is 95.0. The van der Waals surface area contributed by atoms with E-state index >= 15 is 0 Å².